The van der Waals surface area contributed by atoms with E-state index in [0.717, 1.165) is 43.2 Å². The third kappa shape index (κ3) is 5.17. The fourth-order valence-corrected chi connectivity index (χ4v) is 4.68. The smallest absolute Gasteiger partial charge is 0.123 e. The highest BCUT2D eigenvalue weighted by atomic mass is 32.1. The molecule has 0 saturated carbocycles. The van der Waals surface area contributed by atoms with Gasteiger partial charge in [0.25, 0.3) is 0 Å². The fraction of sp³-hybridized carbons (Fsp3) is 0.381. The molecule has 1 N–H and O–H groups in total. The Morgan fingerprint density at radius 2 is 2.22 bits per heavy atom. The standard InChI is InChI=1S/C21H24N2O2S2/c1-2-6-20(25-14-18-5-3-9-24-18)17(4-1)13-23-19(21-22-8-11-27-21)12-16-7-10-26-15-16/h1-2,4,6-8,10-11,15,18-19,23H,3,5,9,12-14H2/t18-,19+/m1/s1. The first kappa shape index (κ1) is 18.6. The van der Waals surface area contributed by atoms with E-state index in [4.69, 9.17) is 9.47 Å². The van der Waals surface area contributed by atoms with Crippen molar-refractivity contribution in [2.45, 2.75) is 38.0 Å². The summed E-state index contributed by atoms with van der Waals surface area (Å²) < 4.78 is 11.7. The maximum atomic E-state index is 6.07. The molecular weight excluding hydrogens is 376 g/mol. The summed E-state index contributed by atoms with van der Waals surface area (Å²) in [5, 5.41) is 11.2. The molecule has 1 aliphatic rings. The number of rotatable bonds is 9. The van der Waals surface area contributed by atoms with Crippen molar-refractivity contribution in [1.29, 1.82) is 0 Å². The Morgan fingerprint density at radius 3 is 3.00 bits per heavy atom. The third-order valence-electron chi connectivity index (χ3n) is 4.73. The van der Waals surface area contributed by atoms with Crippen LogP contribution in [-0.4, -0.2) is 24.3 Å². The summed E-state index contributed by atoms with van der Waals surface area (Å²) >= 11 is 3.44. The van der Waals surface area contributed by atoms with Crippen LogP contribution in [0.1, 0.15) is 35.0 Å². The molecule has 0 amide bonds. The Hall–Kier alpha value is -1.73. The highest BCUT2D eigenvalue weighted by Crippen LogP contribution is 2.25. The van der Waals surface area contributed by atoms with Gasteiger partial charge in [0.05, 0.1) is 12.1 Å². The molecule has 0 radical (unpaired) electrons. The quantitative estimate of drug-likeness (QED) is 0.558. The summed E-state index contributed by atoms with van der Waals surface area (Å²) in [5.74, 6) is 0.939. The van der Waals surface area contributed by atoms with E-state index < -0.39 is 0 Å². The lowest BCUT2D eigenvalue weighted by molar-refractivity contribution is 0.0675. The normalized spacial score (nSPS) is 17.9. The van der Waals surface area contributed by atoms with Crippen LogP contribution in [0.25, 0.3) is 0 Å². The van der Waals surface area contributed by atoms with Crippen molar-refractivity contribution in [3.63, 3.8) is 0 Å². The summed E-state index contributed by atoms with van der Waals surface area (Å²) in [7, 11) is 0. The maximum Gasteiger partial charge on any atom is 0.123 e. The SMILES string of the molecule is c1ccc(OC[C@H]2CCCO2)c(CN[C@@H](Cc2ccsc2)c2nccs2)c1. The van der Waals surface area contributed by atoms with E-state index in [1.54, 1.807) is 22.7 Å². The van der Waals surface area contributed by atoms with Crippen molar-refractivity contribution in [2.24, 2.45) is 0 Å². The Morgan fingerprint density at radius 1 is 1.26 bits per heavy atom. The number of hydrogen-bond acceptors (Lipinski definition) is 6. The van der Waals surface area contributed by atoms with Gasteiger partial charge in [0.15, 0.2) is 0 Å². The van der Waals surface area contributed by atoms with Crippen LogP contribution in [0.15, 0.2) is 52.7 Å². The number of benzene rings is 1. The lowest BCUT2D eigenvalue weighted by atomic mass is 10.1. The Kier molecular flexibility index (Phi) is 6.53. The Balaban J connectivity index is 1.41. The van der Waals surface area contributed by atoms with Gasteiger partial charge in [0, 0.05) is 30.3 Å². The van der Waals surface area contributed by atoms with Crippen LogP contribution >= 0.6 is 22.7 Å². The first-order valence-corrected chi connectivity index (χ1v) is 11.2. The minimum atomic E-state index is 0.200. The van der Waals surface area contributed by atoms with Gasteiger partial charge in [-0.1, -0.05) is 18.2 Å². The lowest BCUT2D eigenvalue weighted by Crippen LogP contribution is -2.23. The molecule has 1 saturated heterocycles. The third-order valence-corrected chi connectivity index (χ3v) is 6.35. The summed E-state index contributed by atoms with van der Waals surface area (Å²) in [5.41, 5.74) is 2.51. The predicted molar refractivity (Wildman–Crippen MR) is 111 cm³/mol. The maximum absolute atomic E-state index is 6.07. The number of nitrogens with zero attached hydrogens (tertiary/aromatic N) is 1. The summed E-state index contributed by atoms with van der Waals surface area (Å²) in [4.78, 5) is 4.53. The van der Waals surface area contributed by atoms with E-state index in [9.17, 15) is 0 Å². The van der Waals surface area contributed by atoms with Crippen molar-refractivity contribution in [3.05, 3.63) is 68.8 Å². The van der Waals surface area contributed by atoms with Crippen LogP contribution in [-0.2, 0) is 17.7 Å². The fourth-order valence-electron chi connectivity index (χ4n) is 3.28. The lowest BCUT2D eigenvalue weighted by Gasteiger charge is -2.19. The molecule has 0 unspecified atom stereocenters. The minimum absolute atomic E-state index is 0.200. The molecule has 0 spiro atoms. The first-order chi connectivity index (χ1) is 13.4. The second-order valence-corrected chi connectivity index (χ2v) is 8.40. The zero-order valence-corrected chi connectivity index (χ0v) is 16.8. The number of ether oxygens (including phenoxy) is 2. The van der Waals surface area contributed by atoms with Crippen LogP contribution < -0.4 is 10.1 Å². The number of hydrogen-bond donors (Lipinski definition) is 1. The van der Waals surface area contributed by atoms with Crippen LogP contribution in [0, 0.1) is 0 Å². The van der Waals surface area contributed by atoms with Crippen molar-refractivity contribution >= 4 is 22.7 Å². The Bertz CT molecular complexity index is 799. The van der Waals surface area contributed by atoms with Crippen molar-refractivity contribution < 1.29 is 9.47 Å². The van der Waals surface area contributed by atoms with Crippen molar-refractivity contribution in [1.82, 2.24) is 10.3 Å². The van der Waals surface area contributed by atoms with Crippen LogP contribution in [0.4, 0.5) is 0 Å². The Labute approximate surface area is 168 Å². The van der Waals surface area contributed by atoms with Gasteiger partial charge < -0.3 is 14.8 Å². The monoisotopic (exact) mass is 400 g/mol. The van der Waals surface area contributed by atoms with E-state index in [2.05, 4.69) is 39.3 Å². The molecule has 0 aliphatic carbocycles. The van der Waals surface area contributed by atoms with Crippen LogP contribution in [0.5, 0.6) is 5.75 Å². The molecule has 0 bridgehead atoms. The van der Waals surface area contributed by atoms with Gasteiger partial charge in [0.2, 0.25) is 0 Å². The molecule has 1 fully saturated rings. The van der Waals surface area contributed by atoms with E-state index in [1.807, 2.05) is 23.7 Å². The van der Waals surface area contributed by atoms with Gasteiger partial charge in [-0.05, 0) is 47.7 Å². The highest BCUT2D eigenvalue weighted by Gasteiger charge is 2.18. The van der Waals surface area contributed by atoms with Crippen LogP contribution in [0.2, 0.25) is 0 Å². The topological polar surface area (TPSA) is 43.4 Å². The summed E-state index contributed by atoms with van der Waals surface area (Å²) in [6, 6.07) is 10.6. The molecule has 3 aromatic rings. The molecule has 27 heavy (non-hydrogen) atoms. The van der Waals surface area contributed by atoms with Gasteiger partial charge >= 0.3 is 0 Å². The number of nitrogens with one attached hydrogen (secondary N) is 1. The summed E-state index contributed by atoms with van der Waals surface area (Å²) in [6.07, 6.45) is 5.27. The number of thiazole rings is 1. The number of thiophene rings is 1. The summed E-state index contributed by atoms with van der Waals surface area (Å²) in [6.45, 7) is 2.23. The van der Waals surface area contributed by atoms with Gasteiger partial charge in [-0.3, -0.25) is 0 Å². The largest absolute Gasteiger partial charge is 0.491 e. The molecule has 142 valence electrons. The average Bonchev–Trinajstić information content (AvgIpc) is 3.47. The van der Waals surface area contributed by atoms with Crippen LogP contribution in [0.3, 0.4) is 0 Å². The molecule has 3 heterocycles. The zero-order valence-electron chi connectivity index (χ0n) is 15.2. The van der Waals surface area contributed by atoms with Crippen molar-refractivity contribution in [3.8, 4) is 5.75 Å². The molecule has 6 heteroatoms. The first-order valence-electron chi connectivity index (χ1n) is 9.34. The minimum Gasteiger partial charge on any atom is -0.491 e. The predicted octanol–water partition coefficient (Wildman–Crippen LogP) is 4.84. The van der Waals surface area contributed by atoms with E-state index >= 15 is 0 Å². The number of aromatic nitrogens is 1. The molecular formula is C21H24N2O2S2. The van der Waals surface area contributed by atoms with E-state index in [-0.39, 0.29) is 12.1 Å². The molecule has 2 aromatic heterocycles. The molecule has 4 rings (SSSR count). The van der Waals surface area contributed by atoms with E-state index in [0.29, 0.717) is 6.61 Å². The number of para-hydroxylation sites is 1. The van der Waals surface area contributed by atoms with Gasteiger partial charge in [-0.15, -0.1) is 11.3 Å². The second-order valence-electron chi connectivity index (χ2n) is 6.69. The second kappa shape index (κ2) is 9.46. The van der Waals surface area contributed by atoms with Gasteiger partial charge in [-0.25, -0.2) is 4.98 Å². The molecule has 1 aromatic carbocycles. The molecule has 4 nitrogen and oxygen atoms in total. The van der Waals surface area contributed by atoms with E-state index in [1.165, 1.54) is 11.1 Å². The highest BCUT2D eigenvalue weighted by molar-refractivity contribution is 7.09. The molecule has 2 atom stereocenters. The average molecular weight is 401 g/mol. The zero-order chi connectivity index (χ0) is 18.3. The molecule has 1 aliphatic heterocycles. The van der Waals surface area contributed by atoms with Gasteiger partial charge in [-0.2, -0.15) is 11.3 Å². The van der Waals surface area contributed by atoms with Gasteiger partial charge in [0.1, 0.15) is 17.4 Å². The van der Waals surface area contributed by atoms with Crippen molar-refractivity contribution in [2.75, 3.05) is 13.2 Å².